The van der Waals surface area contributed by atoms with Crippen molar-refractivity contribution in [3.05, 3.63) is 0 Å². The third-order valence-corrected chi connectivity index (χ3v) is 5.08. The fraction of sp³-hybridized carbons (Fsp3) is 0.938. The first-order valence-corrected chi connectivity index (χ1v) is 8.39. The summed E-state index contributed by atoms with van der Waals surface area (Å²) < 4.78 is 0. The topological polar surface area (TPSA) is 44.4 Å². The fourth-order valence-corrected chi connectivity index (χ4v) is 3.54. The predicted octanol–water partition coefficient (Wildman–Crippen LogP) is 2.18. The second kappa shape index (κ2) is 9.65. The fourth-order valence-electron chi connectivity index (χ4n) is 3.54. The highest BCUT2D eigenvalue weighted by Crippen LogP contribution is 2.22. The van der Waals surface area contributed by atoms with E-state index in [9.17, 15) is 4.79 Å². The lowest BCUT2D eigenvalue weighted by atomic mass is 9.92. The van der Waals surface area contributed by atoms with E-state index in [0.29, 0.717) is 6.04 Å². The van der Waals surface area contributed by atoms with E-state index in [1.165, 1.54) is 44.9 Å². The first kappa shape index (κ1) is 18.7. The van der Waals surface area contributed by atoms with Gasteiger partial charge in [-0.15, -0.1) is 12.4 Å². The zero-order valence-electron chi connectivity index (χ0n) is 13.6. The van der Waals surface area contributed by atoms with Gasteiger partial charge in [0, 0.05) is 6.04 Å². The van der Waals surface area contributed by atoms with Crippen LogP contribution < -0.4 is 10.6 Å². The minimum atomic E-state index is 0. The van der Waals surface area contributed by atoms with Gasteiger partial charge >= 0.3 is 0 Å². The van der Waals surface area contributed by atoms with Crippen molar-refractivity contribution in [3.8, 4) is 0 Å². The van der Waals surface area contributed by atoms with Crippen LogP contribution in [0.5, 0.6) is 0 Å². The molecule has 1 saturated carbocycles. The number of nitrogens with zero attached hydrogens (tertiary/aromatic N) is 1. The first-order valence-electron chi connectivity index (χ1n) is 8.39. The van der Waals surface area contributed by atoms with E-state index in [1.54, 1.807) is 0 Å². The normalized spacial score (nSPS) is 22.8. The number of hydrogen-bond donors (Lipinski definition) is 2. The molecule has 124 valence electrons. The smallest absolute Gasteiger partial charge is 0.237 e. The Hall–Kier alpha value is -0.320. The van der Waals surface area contributed by atoms with Crippen molar-refractivity contribution in [1.82, 2.24) is 15.5 Å². The zero-order valence-corrected chi connectivity index (χ0v) is 14.4. The molecule has 5 heteroatoms. The molecule has 1 aliphatic carbocycles. The van der Waals surface area contributed by atoms with E-state index in [4.69, 9.17) is 0 Å². The third-order valence-electron chi connectivity index (χ3n) is 5.08. The van der Waals surface area contributed by atoms with E-state index in [2.05, 4.69) is 22.5 Å². The molecule has 0 aromatic rings. The van der Waals surface area contributed by atoms with Gasteiger partial charge in [-0.1, -0.05) is 12.8 Å². The Kier molecular flexibility index (Phi) is 8.60. The number of likely N-dealkylation sites (tertiary alicyclic amines) is 1. The quantitative estimate of drug-likeness (QED) is 0.789. The Bertz CT molecular complexity index is 300. The molecule has 0 spiro atoms. The standard InChI is InChI=1S/C16H31N3O.ClH/c1-13(16(20)18-15-5-3-4-6-15)19-11-8-14(9-12-19)7-10-17-2;/h13-15,17H,3-12H2,1-2H3,(H,18,20);1H. The number of piperidine rings is 1. The number of amides is 1. The molecule has 1 atom stereocenters. The largest absolute Gasteiger partial charge is 0.352 e. The van der Waals surface area contributed by atoms with Gasteiger partial charge in [-0.05, 0) is 71.6 Å². The number of carbonyl (C=O) groups excluding carboxylic acids is 1. The van der Waals surface area contributed by atoms with E-state index < -0.39 is 0 Å². The average molecular weight is 318 g/mol. The maximum atomic E-state index is 12.3. The van der Waals surface area contributed by atoms with E-state index in [0.717, 1.165) is 25.6 Å². The van der Waals surface area contributed by atoms with Gasteiger partial charge in [0.05, 0.1) is 6.04 Å². The molecule has 0 radical (unpaired) electrons. The maximum Gasteiger partial charge on any atom is 0.237 e. The van der Waals surface area contributed by atoms with Gasteiger partial charge < -0.3 is 10.6 Å². The van der Waals surface area contributed by atoms with Gasteiger partial charge in [0.2, 0.25) is 5.91 Å². The summed E-state index contributed by atoms with van der Waals surface area (Å²) in [5.41, 5.74) is 0. The zero-order chi connectivity index (χ0) is 14.4. The molecule has 0 bridgehead atoms. The molecule has 2 N–H and O–H groups in total. The molecule has 1 aliphatic heterocycles. The van der Waals surface area contributed by atoms with Gasteiger partial charge in [-0.25, -0.2) is 0 Å². The summed E-state index contributed by atoms with van der Waals surface area (Å²) in [5, 5.41) is 6.46. The Balaban J connectivity index is 0.00000220. The van der Waals surface area contributed by atoms with Gasteiger partial charge in [-0.3, -0.25) is 9.69 Å². The first-order chi connectivity index (χ1) is 9.70. The highest BCUT2D eigenvalue weighted by Gasteiger charge is 2.28. The van der Waals surface area contributed by atoms with Gasteiger partial charge in [0.25, 0.3) is 0 Å². The second-order valence-corrected chi connectivity index (χ2v) is 6.54. The number of hydrogen-bond acceptors (Lipinski definition) is 3. The van der Waals surface area contributed by atoms with Crippen LogP contribution in [-0.2, 0) is 4.79 Å². The predicted molar refractivity (Wildman–Crippen MR) is 89.9 cm³/mol. The van der Waals surface area contributed by atoms with Crippen molar-refractivity contribution in [1.29, 1.82) is 0 Å². The van der Waals surface area contributed by atoms with Crippen molar-refractivity contribution in [2.45, 2.75) is 64.0 Å². The van der Waals surface area contributed by atoms with Crippen LogP contribution in [0.25, 0.3) is 0 Å². The summed E-state index contributed by atoms with van der Waals surface area (Å²) in [6.45, 7) is 5.34. The third kappa shape index (κ3) is 5.76. The summed E-state index contributed by atoms with van der Waals surface area (Å²) in [5.74, 6) is 1.08. The summed E-state index contributed by atoms with van der Waals surface area (Å²) in [7, 11) is 2.02. The van der Waals surface area contributed by atoms with Gasteiger partial charge in [0.1, 0.15) is 0 Å². The number of halogens is 1. The Morgan fingerprint density at radius 3 is 2.38 bits per heavy atom. The van der Waals surface area contributed by atoms with Gasteiger partial charge in [0.15, 0.2) is 0 Å². The summed E-state index contributed by atoms with van der Waals surface area (Å²) >= 11 is 0. The lowest BCUT2D eigenvalue weighted by Crippen LogP contribution is -2.50. The Labute approximate surface area is 135 Å². The molecule has 1 amide bonds. The highest BCUT2D eigenvalue weighted by molar-refractivity contribution is 5.85. The van der Waals surface area contributed by atoms with Crippen molar-refractivity contribution in [2.75, 3.05) is 26.7 Å². The van der Waals surface area contributed by atoms with Gasteiger partial charge in [-0.2, -0.15) is 0 Å². The number of rotatable bonds is 6. The summed E-state index contributed by atoms with van der Waals surface area (Å²) in [4.78, 5) is 14.7. The lowest BCUT2D eigenvalue weighted by Gasteiger charge is -2.35. The second-order valence-electron chi connectivity index (χ2n) is 6.54. The van der Waals surface area contributed by atoms with Crippen molar-refractivity contribution >= 4 is 18.3 Å². The van der Waals surface area contributed by atoms with Crippen LogP contribution in [-0.4, -0.2) is 49.6 Å². The molecular formula is C16H32ClN3O. The van der Waals surface area contributed by atoms with E-state index >= 15 is 0 Å². The van der Waals surface area contributed by atoms with Crippen LogP contribution in [0.15, 0.2) is 0 Å². The number of carbonyl (C=O) groups is 1. The molecule has 2 rings (SSSR count). The number of nitrogens with one attached hydrogen (secondary N) is 2. The lowest BCUT2D eigenvalue weighted by molar-refractivity contribution is -0.127. The van der Waals surface area contributed by atoms with E-state index in [1.807, 2.05) is 7.05 Å². The molecule has 2 fully saturated rings. The molecule has 0 aromatic heterocycles. The molecular weight excluding hydrogens is 286 g/mol. The van der Waals surface area contributed by atoms with Crippen LogP contribution in [0.1, 0.15) is 51.9 Å². The minimum absolute atomic E-state index is 0. The molecule has 4 nitrogen and oxygen atoms in total. The molecule has 1 heterocycles. The van der Waals surface area contributed by atoms with E-state index in [-0.39, 0.29) is 24.4 Å². The Morgan fingerprint density at radius 2 is 1.81 bits per heavy atom. The monoisotopic (exact) mass is 317 g/mol. The Morgan fingerprint density at radius 1 is 1.19 bits per heavy atom. The minimum Gasteiger partial charge on any atom is -0.352 e. The average Bonchev–Trinajstić information content (AvgIpc) is 2.97. The van der Waals surface area contributed by atoms with Crippen LogP contribution in [0.4, 0.5) is 0 Å². The molecule has 0 aromatic carbocycles. The van der Waals surface area contributed by atoms with Crippen molar-refractivity contribution in [2.24, 2.45) is 5.92 Å². The van der Waals surface area contributed by atoms with Crippen LogP contribution in [0.2, 0.25) is 0 Å². The molecule has 21 heavy (non-hydrogen) atoms. The molecule has 1 unspecified atom stereocenters. The van der Waals surface area contributed by atoms with Crippen LogP contribution in [0.3, 0.4) is 0 Å². The van der Waals surface area contributed by atoms with Crippen LogP contribution >= 0.6 is 12.4 Å². The summed E-state index contributed by atoms with van der Waals surface area (Å²) in [6.07, 6.45) is 8.64. The van der Waals surface area contributed by atoms with Crippen molar-refractivity contribution in [3.63, 3.8) is 0 Å². The van der Waals surface area contributed by atoms with Crippen molar-refractivity contribution < 1.29 is 4.79 Å². The summed E-state index contributed by atoms with van der Waals surface area (Å²) in [6, 6.07) is 0.485. The van der Waals surface area contributed by atoms with Crippen LogP contribution in [0, 0.1) is 5.92 Å². The SMILES string of the molecule is CNCCC1CCN(C(C)C(=O)NC2CCCC2)CC1.Cl. The molecule has 2 aliphatic rings. The maximum absolute atomic E-state index is 12.3. The molecule has 1 saturated heterocycles. The highest BCUT2D eigenvalue weighted by atomic mass is 35.5.